The summed E-state index contributed by atoms with van der Waals surface area (Å²) in [5, 5.41) is 0. The van der Waals surface area contributed by atoms with Gasteiger partial charge in [-0.1, -0.05) is 13.3 Å². The van der Waals surface area contributed by atoms with Gasteiger partial charge in [0.15, 0.2) is 0 Å². The summed E-state index contributed by atoms with van der Waals surface area (Å²) < 4.78 is 31.5. The van der Waals surface area contributed by atoms with Gasteiger partial charge in [-0.25, -0.2) is 0 Å². The van der Waals surface area contributed by atoms with Gasteiger partial charge in [0.05, 0.1) is 24.9 Å². The molecule has 0 aromatic rings. The molecule has 0 unspecified atom stereocenters. The lowest BCUT2D eigenvalue weighted by molar-refractivity contribution is -0.151. The quantitative estimate of drug-likeness (QED) is 0.518. The van der Waals surface area contributed by atoms with Gasteiger partial charge in [0, 0.05) is 0 Å². The van der Waals surface area contributed by atoms with Crippen molar-refractivity contribution >= 4 is 16.1 Å². The number of hydrogen-bond donors (Lipinski definition) is 0. The Balaban J connectivity index is 2.65. The third kappa shape index (κ3) is 2.95. The number of ether oxygens (including phenoxy) is 1. The lowest BCUT2D eigenvalue weighted by Gasteiger charge is -2.14. The Bertz CT molecular complexity index is 361. The number of hydrogen-bond acceptors (Lipinski definition) is 5. The minimum atomic E-state index is -3.51. The van der Waals surface area contributed by atoms with E-state index in [9.17, 15) is 13.2 Å². The molecule has 0 aromatic carbocycles. The lowest BCUT2D eigenvalue weighted by atomic mass is 10.0. The van der Waals surface area contributed by atoms with Crippen LogP contribution in [0.4, 0.5) is 0 Å². The maximum Gasteiger partial charge on any atom is 0.314 e. The van der Waals surface area contributed by atoms with E-state index in [4.69, 9.17) is 8.92 Å². The van der Waals surface area contributed by atoms with Gasteiger partial charge in [-0.05, 0) is 19.3 Å². The minimum Gasteiger partial charge on any atom is -0.465 e. The fourth-order valence-corrected chi connectivity index (χ4v) is 2.31. The Morgan fingerprint density at radius 2 is 2.06 bits per heavy atom. The molecule has 1 saturated carbocycles. The summed E-state index contributed by atoms with van der Waals surface area (Å²) in [5.41, 5.74) is -0.728. The van der Waals surface area contributed by atoms with E-state index in [1.165, 1.54) is 0 Å². The molecule has 1 fully saturated rings. The molecule has 0 aliphatic heterocycles. The van der Waals surface area contributed by atoms with Crippen LogP contribution in [0.3, 0.4) is 0 Å². The highest BCUT2D eigenvalue weighted by molar-refractivity contribution is 7.85. The largest absolute Gasteiger partial charge is 0.465 e. The first-order valence-corrected chi connectivity index (χ1v) is 7.19. The summed E-state index contributed by atoms with van der Waals surface area (Å²) in [7, 11) is -3.51. The van der Waals surface area contributed by atoms with Crippen molar-refractivity contribution in [2.75, 3.05) is 19.5 Å². The number of esters is 1. The fraction of sp³-hybridized carbons (Fsp3) is 0.900. The van der Waals surface area contributed by atoms with Crippen LogP contribution in [0, 0.1) is 11.3 Å². The van der Waals surface area contributed by atoms with Gasteiger partial charge in [-0.2, -0.15) is 8.42 Å². The van der Waals surface area contributed by atoms with Gasteiger partial charge in [0.2, 0.25) is 0 Å². The van der Waals surface area contributed by atoms with E-state index in [-0.39, 0.29) is 18.5 Å². The van der Waals surface area contributed by atoms with E-state index in [1.54, 1.807) is 6.92 Å². The molecule has 0 N–H and O–H groups in total. The summed E-state index contributed by atoms with van der Waals surface area (Å²) in [6.45, 7) is 3.90. The minimum absolute atomic E-state index is 0.0941. The molecule has 0 spiro atoms. The van der Waals surface area contributed by atoms with Crippen LogP contribution < -0.4 is 0 Å². The molecule has 5 nitrogen and oxygen atoms in total. The zero-order valence-corrected chi connectivity index (χ0v) is 10.7. The van der Waals surface area contributed by atoms with Crippen molar-refractivity contribution in [1.82, 2.24) is 0 Å². The molecule has 0 amide bonds. The molecule has 0 bridgehead atoms. The molecule has 1 rings (SSSR count). The van der Waals surface area contributed by atoms with Gasteiger partial charge in [-0.3, -0.25) is 8.98 Å². The molecular weight excluding hydrogens is 232 g/mol. The standard InChI is InChI=1S/C10H18O5S/c1-4-8-6-10(8,9(11)14-5-2)7-15-16(3,12)13/h8H,4-7H2,1-3H3/t8-,10+/m1/s1. The summed E-state index contributed by atoms with van der Waals surface area (Å²) in [6, 6.07) is 0. The highest BCUT2D eigenvalue weighted by Gasteiger charge is 2.60. The number of carbonyl (C=O) groups is 1. The van der Waals surface area contributed by atoms with Crippen molar-refractivity contribution in [3.8, 4) is 0 Å². The van der Waals surface area contributed by atoms with Crippen molar-refractivity contribution in [1.29, 1.82) is 0 Å². The molecule has 0 saturated heterocycles. The van der Waals surface area contributed by atoms with Gasteiger partial charge in [0.25, 0.3) is 10.1 Å². The van der Waals surface area contributed by atoms with E-state index in [0.29, 0.717) is 13.0 Å². The first-order chi connectivity index (χ1) is 7.35. The Morgan fingerprint density at radius 1 is 1.44 bits per heavy atom. The average Bonchev–Trinajstić information content (AvgIpc) is 2.89. The predicted molar refractivity (Wildman–Crippen MR) is 58.3 cm³/mol. The van der Waals surface area contributed by atoms with Gasteiger partial charge >= 0.3 is 5.97 Å². The van der Waals surface area contributed by atoms with Crippen molar-refractivity contribution in [2.45, 2.75) is 26.7 Å². The van der Waals surface area contributed by atoms with Gasteiger partial charge in [0.1, 0.15) is 0 Å². The van der Waals surface area contributed by atoms with Crippen LogP contribution in [-0.4, -0.2) is 33.9 Å². The molecule has 6 heteroatoms. The highest BCUT2D eigenvalue weighted by Crippen LogP contribution is 2.55. The number of carbonyl (C=O) groups excluding carboxylic acids is 1. The molecule has 1 aliphatic rings. The maximum absolute atomic E-state index is 11.7. The van der Waals surface area contributed by atoms with E-state index in [0.717, 1.165) is 12.7 Å². The molecular formula is C10H18O5S. The Hall–Kier alpha value is -0.620. The van der Waals surface area contributed by atoms with Crippen LogP contribution in [0.15, 0.2) is 0 Å². The van der Waals surface area contributed by atoms with Crippen molar-refractivity contribution in [3.63, 3.8) is 0 Å². The van der Waals surface area contributed by atoms with Crippen LogP contribution in [0.1, 0.15) is 26.7 Å². The van der Waals surface area contributed by atoms with E-state index in [2.05, 4.69) is 0 Å². The Kier molecular flexibility index (Phi) is 3.96. The van der Waals surface area contributed by atoms with E-state index in [1.807, 2.05) is 6.92 Å². The van der Waals surface area contributed by atoms with Crippen molar-refractivity contribution in [2.24, 2.45) is 11.3 Å². The second kappa shape index (κ2) is 4.71. The average molecular weight is 250 g/mol. The molecule has 1 aliphatic carbocycles. The van der Waals surface area contributed by atoms with Crippen LogP contribution in [0.25, 0.3) is 0 Å². The highest BCUT2D eigenvalue weighted by atomic mass is 32.2. The molecule has 0 radical (unpaired) electrons. The number of rotatable bonds is 6. The second-order valence-electron chi connectivity index (χ2n) is 4.15. The fourth-order valence-electron chi connectivity index (χ4n) is 1.89. The SMILES string of the molecule is CCOC(=O)[C@]1(COS(C)(=O)=O)C[C@H]1CC. The summed E-state index contributed by atoms with van der Waals surface area (Å²) in [5.74, 6) is -0.168. The third-order valence-electron chi connectivity index (χ3n) is 2.94. The van der Waals surface area contributed by atoms with Crippen molar-refractivity contribution < 1.29 is 22.1 Å². The predicted octanol–water partition coefficient (Wildman–Crippen LogP) is 0.942. The van der Waals surface area contributed by atoms with Crippen LogP contribution in [0.2, 0.25) is 0 Å². The smallest absolute Gasteiger partial charge is 0.314 e. The van der Waals surface area contributed by atoms with Crippen LogP contribution in [0.5, 0.6) is 0 Å². The second-order valence-corrected chi connectivity index (χ2v) is 5.80. The summed E-state index contributed by atoms with van der Waals surface area (Å²) in [6.07, 6.45) is 2.46. The molecule has 2 atom stereocenters. The Morgan fingerprint density at radius 3 is 2.44 bits per heavy atom. The zero-order valence-electron chi connectivity index (χ0n) is 9.86. The summed E-state index contributed by atoms with van der Waals surface area (Å²) in [4.78, 5) is 11.7. The summed E-state index contributed by atoms with van der Waals surface area (Å²) >= 11 is 0. The zero-order chi connectivity index (χ0) is 12.4. The monoisotopic (exact) mass is 250 g/mol. The van der Waals surface area contributed by atoms with Crippen LogP contribution >= 0.6 is 0 Å². The van der Waals surface area contributed by atoms with E-state index < -0.39 is 15.5 Å². The first kappa shape index (κ1) is 13.4. The lowest BCUT2D eigenvalue weighted by Crippen LogP contribution is -2.27. The third-order valence-corrected chi connectivity index (χ3v) is 3.48. The van der Waals surface area contributed by atoms with Crippen LogP contribution in [-0.2, 0) is 23.8 Å². The van der Waals surface area contributed by atoms with E-state index >= 15 is 0 Å². The molecule has 0 aromatic heterocycles. The normalized spacial score (nSPS) is 28.8. The van der Waals surface area contributed by atoms with Gasteiger partial charge < -0.3 is 4.74 Å². The first-order valence-electron chi connectivity index (χ1n) is 5.37. The molecule has 16 heavy (non-hydrogen) atoms. The molecule has 94 valence electrons. The van der Waals surface area contributed by atoms with Crippen molar-refractivity contribution in [3.05, 3.63) is 0 Å². The Labute approximate surface area is 96.2 Å². The van der Waals surface area contributed by atoms with Gasteiger partial charge in [-0.15, -0.1) is 0 Å². The maximum atomic E-state index is 11.7. The topological polar surface area (TPSA) is 69.7 Å². The molecule has 0 heterocycles.